The molecule has 3 aliphatic rings. The summed E-state index contributed by atoms with van der Waals surface area (Å²) in [4.78, 5) is 0. The highest BCUT2D eigenvalue weighted by molar-refractivity contribution is 4.91. The van der Waals surface area contributed by atoms with Gasteiger partial charge in [-0.15, -0.1) is 0 Å². The van der Waals surface area contributed by atoms with E-state index in [1.54, 1.807) is 64.2 Å². The van der Waals surface area contributed by atoms with Crippen LogP contribution in [0.4, 0.5) is 0 Å². The zero-order valence-electron chi connectivity index (χ0n) is 9.38. The van der Waals surface area contributed by atoms with Crippen molar-refractivity contribution < 1.29 is 0 Å². The molecule has 3 saturated carbocycles. The predicted octanol–water partition coefficient (Wildman–Crippen LogP) is 5.03. The van der Waals surface area contributed by atoms with Crippen molar-refractivity contribution in [1.29, 1.82) is 0 Å². The van der Waals surface area contributed by atoms with Gasteiger partial charge in [-0.25, -0.2) is 0 Å². The van der Waals surface area contributed by atoms with E-state index in [0.29, 0.717) is 0 Å². The number of hydrogen-bond donors (Lipinski definition) is 0. The van der Waals surface area contributed by atoms with E-state index in [-0.39, 0.29) is 7.43 Å². The maximum absolute atomic E-state index is 1.59. The maximum atomic E-state index is 1.59. The highest BCUT2D eigenvalue weighted by atomic mass is 14.5. The van der Waals surface area contributed by atoms with E-state index < -0.39 is 0 Å². The number of fused-ring (bicyclic) bond motifs is 3. The van der Waals surface area contributed by atoms with Crippen LogP contribution >= 0.6 is 0 Å². The summed E-state index contributed by atoms with van der Waals surface area (Å²) in [6.07, 6.45) is 15.7. The van der Waals surface area contributed by atoms with Crippen molar-refractivity contribution in [1.82, 2.24) is 0 Å². The third-order valence-corrected chi connectivity index (χ3v) is 5.39. The summed E-state index contributed by atoms with van der Waals surface area (Å²) < 4.78 is 0. The zero-order valence-corrected chi connectivity index (χ0v) is 9.38. The normalized spacial score (nSPS) is 44.8. The van der Waals surface area contributed by atoms with Crippen LogP contribution in [0.5, 0.6) is 0 Å². The molecule has 0 aromatic rings. The van der Waals surface area contributed by atoms with Gasteiger partial charge in [-0.1, -0.05) is 46.0 Å². The minimum atomic E-state index is 0. The van der Waals surface area contributed by atoms with E-state index >= 15 is 0 Å². The lowest BCUT2D eigenvalue weighted by atomic mass is 9.58. The van der Waals surface area contributed by atoms with E-state index in [0.717, 1.165) is 11.8 Å². The van der Waals surface area contributed by atoms with Gasteiger partial charge in [0, 0.05) is 0 Å². The molecule has 3 rings (SSSR count). The van der Waals surface area contributed by atoms with Crippen LogP contribution < -0.4 is 0 Å². The third kappa shape index (κ3) is 2.10. The summed E-state index contributed by atoms with van der Waals surface area (Å²) in [6, 6.07) is 0. The van der Waals surface area contributed by atoms with Gasteiger partial charge in [-0.2, -0.15) is 0 Å². The predicted molar refractivity (Wildman–Crippen MR) is 66.9 cm³/mol. The molecule has 4 atom stereocenters. The first-order chi connectivity index (χ1) is 6.95. The highest BCUT2D eigenvalue weighted by Crippen LogP contribution is 2.51. The molecule has 3 aliphatic carbocycles. The monoisotopic (exact) mass is 208 g/mol. The third-order valence-electron chi connectivity index (χ3n) is 5.39. The van der Waals surface area contributed by atoms with Crippen molar-refractivity contribution in [3.8, 4) is 0 Å². The zero-order chi connectivity index (χ0) is 9.38. The van der Waals surface area contributed by atoms with Gasteiger partial charge in [-0.05, 0) is 49.4 Å². The Kier molecular flexibility index (Phi) is 3.74. The topological polar surface area (TPSA) is 0 Å². The van der Waals surface area contributed by atoms with Crippen molar-refractivity contribution >= 4 is 0 Å². The molecule has 3 fully saturated rings. The molecule has 0 radical (unpaired) electrons. The molecule has 0 aliphatic heterocycles. The van der Waals surface area contributed by atoms with Crippen molar-refractivity contribution in [2.45, 2.75) is 71.6 Å². The molecular formula is C15H28. The van der Waals surface area contributed by atoms with Crippen LogP contribution in [-0.2, 0) is 0 Å². The molecule has 0 spiro atoms. The SMILES string of the molecule is C.C1CCC2C(C1)CCC1CCCCC12. The average molecular weight is 208 g/mol. The van der Waals surface area contributed by atoms with Crippen molar-refractivity contribution in [2.24, 2.45) is 23.7 Å². The van der Waals surface area contributed by atoms with Crippen LogP contribution in [0, 0.1) is 23.7 Å². The van der Waals surface area contributed by atoms with Crippen molar-refractivity contribution in [3.05, 3.63) is 0 Å². The van der Waals surface area contributed by atoms with Gasteiger partial charge in [0.15, 0.2) is 0 Å². The smallest absolute Gasteiger partial charge is 0.0355 e. The van der Waals surface area contributed by atoms with E-state index in [2.05, 4.69) is 0 Å². The lowest BCUT2D eigenvalue weighted by Crippen LogP contribution is -2.38. The second-order valence-electron chi connectivity index (χ2n) is 5.99. The number of hydrogen-bond acceptors (Lipinski definition) is 0. The van der Waals surface area contributed by atoms with E-state index in [1.807, 2.05) is 0 Å². The molecular weight excluding hydrogens is 180 g/mol. The molecule has 0 heteroatoms. The lowest BCUT2D eigenvalue weighted by Gasteiger charge is -2.48. The largest absolute Gasteiger partial charge is 0.0776 e. The van der Waals surface area contributed by atoms with Crippen molar-refractivity contribution in [2.75, 3.05) is 0 Å². The fourth-order valence-corrected chi connectivity index (χ4v) is 4.74. The minimum absolute atomic E-state index is 0. The first-order valence-electron chi connectivity index (χ1n) is 6.95. The van der Waals surface area contributed by atoms with Gasteiger partial charge in [-0.3, -0.25) is 0 Å². The summed E-state index contributed by atoms with van der Waals surface area (Å²) in [6.45, 7) is 0. The second-order valence-corrected chi connectivity index (χ2v) is 5.99. The molecule has 88 valence electrons. The Morgan fingerprint density at radius 3 is 1.33 bits per heavy atom. The fourth-order valence-electron chi connectivity index (χ4n) is 4.74. The molecule has 0 saturated heterocycles. The molecule has 0 nitrogen and oxygen atoms in total. The summed E-state index contributed by atoms with van der Waals surface area (Å²) >= 11 is 0. The molecule has 0 heterocycles. The van der Waals surface area contributed by atoms with Crippen LogP contribution in [-0.4, -0.2) is 0 Å². The summed E-state index contributed by atoms with van der Waals surface area (Å²) in [5.41, 5.74) is 0. The van der Waals surface area contributed by atoms with Gasteiger partial charge in [0.25, 0.3) is 0 Å². The van der Waals surface area contributed by atoms with Gasteiger partial charge in [0.1, 0.15) is 0 Å². The molecule has 15 heavy (non-hydrogen) atoms. The van der Waals surface area contributed by atoms with Crippen LogP contribution in [0.25, 0.3) is 0 Å². The van der Waals surface area contributed by atoms with Crippen LogP contribution in [0.3, 0.4) is 0 Å². The van der Waals surface area contributed by atoms with Gasteiger partial charge in [0.2, 0.25) is 0 Å². The molecule has 0 N–H and O–H groups in total. The van der Waals surface area contributed by atoms with E-state index in [4.69, 9.17) is 0 Å². The minimum Gasteiger partial charge on any atom is -0.0776 e. The lowest BCUT2D eigenvalue weighted by molar-refractivity contribution is 0.0278. The molecule has 0 bridgehead atoms. The van der Waals surface area contributed by atoms with Crippen LogP contribution in [0.15, 0.2) is 0 Å². The summed E-state index contributed by atoms with van der Waals surface area (Å²) in [5, 5.41) is 0. The first-order valence-corrected chi connectivity index (χ1v) is 6.95. The van der Waals surface area contributed by atoms with Gasteiger partial charge < -0.3 is 0 Å². The Balaban J connectivity index is 0.000000853. The van der Waals surface area contributed by atoms with Crippen LogP contribution in [0.1, 0.15) is 71.6 Å². The Morgan fingerprint density at radius 2 is 0.867 bits per heavy atom. The van der Waals surface area contributed by atoms with Crippen molar-refractivity contribution in [3.63, 3.8) is 0 Å². The Morgan fingerprint density at radius 1 is 0.467 bits per heavy atom. The molecule has 4 unspecified atom stereocenters. The first kappa shape index (κ1) is 11.5. The highest BCUT2D eigenvalue weighted by Gasteiger charge is 2.40. The second kappa shape index (κ2) is 4.89. The number of rotatable bonds is 0. The molecule has 0 aromatic heterocycles. The quantitative estimate of drug-likeness (QED) is 0.524. The van der Waals surface area contributed by atoms with Gasteiger partial charge in [0.05, 0.1) is 0 Å². The van der Waals surface area contributed by atoms with Crippen LogP contribution in [0.2, 0.25) is 0 Å². The summed E-state index contributed by atoms with van der Waals surface area (Å²) in [7, 11) is 0. The maximum Gasteiger partial charge on any atom is -0.0355 e. The Hall–Kier alpha value is 0. The fraction of sp³-hybridized carbons (Fsp3) is 1.00. The molecule has 0 aromatic carbocycles. The standard InChI is InChI=1S/C14H24.CH4/c1-3-7-13-11(5-1)9-10-12-6-2-4-8-14(12)13;/h11-14H,1-10H2;1H4. The Bertz CT molecular complexity index is 174. The van der Waals surface area contributed by atoms with E-state index in [1.165, 1.54) is 11.8 Å². The average Bonchev–Trinajstić information content (AvgIpc) is 2.29. The molecule has 0 amide bonds. The Labute approximate surface area is 95.8 Å². The van der Waals surface area contributed by atoms with E-state index in [9.17, 15) is 0 Å². The van der Waals surface area contributed by atoms with Gasteiger partial charge >= 0.3 is 0 Å². The summed E-state index contributed by atoms with van der Waals surface area (Å²) in [5.74, 6) is 4.65.